The minimum absolute atomic E-state index is 0.228. The number of carbonyl (C=O) groups excluding carboxylic acids is 1. The molecule has 0 spiro atoms. The molecule has 0 amide bonds. The minimum atomic E-state index is -0.390. The number of hydrogen-bond donors (Lipinski definition) is 0. The maximum Gasteiger partial charge on any atom is 0.307 e. The number of benzene rings is 1. The first-order valence-electron chi connectivity index (χ1n) is 6.80. The molecule has 0 N–H and O–H groups in total. The SMILES string of the molecule is COC(=O)CC(C)(C)n1cc(SCc2ccccc2)cn1. The molecule has 0 saturated carbocycles. The molecule has 112 valence electrons. The number of carbonyl (C=O) groups is 1. The average Bonchev–Trinajstić information content (AvgIpc) is 2.95. The molecule has 2 rings (SSSR count). The van der Waals surface area contributed by atoms with Crippen LogP contribution < -0.4 is 0 Å². The van der Waals surface area contributed by atoms with Crippen LogP contribution in [0.5, 0.6) is 0 Å². The Morgan fingerprint density at radius 3 is 2.71 bits per heavy atom. The average molecular weight is 304 g/mol. The van der Waals surface area contributed by atoms with Crippen molar-refractivity contribution in [1.82, 2.24) is 9.78 Å². The van der Waals surface area contributed by atoms with E-state index in [0.29, 0.717) is 6.42 Å². The van der Waals surface area contributed by atoms with E-state index in [1.807, 2.05) is 49.1 Å². The number of ether oxygens (including phenoxy) is 1. The van der Waals surface area contributed by atoms with Gasteiger partial charge in [0.25, 0.3) is 0 Å². The lowest BCUT2D eigenvalue weighted by molar-refractivity contribution is -0.142. The molecule has 5 heteroatoms. The van der Waals surface area contributed by atoms with Crippen molar-refractivity contribution >= 4 is 17.7 Å². The Bertz CT molecular complexity index is 593. The molecule has 2 aromatic rings. The third-order valence-corrected chi connectivity index (χ3v) is 4.25. The summed E-state index contributed by atoms with van der Waals surface area (Å²) in [7, 11) is 1.41. The van der Waals surface area contributed by atoms with Gasteiger partial charge >= 0.3 is 5.97 Å². The van der Waals surface area contributed by atoms with Gasteiger partial charge in [-0.25, -0.2) is 0 Å². The van der Waals surface area contributed by atoms with Crippen LogP contribution in [-0.4, -0.2) is 22.9 Å². The molecular formula is C16H20N2O2S. The normalized spacial score (nSPS) is 11.4. The summed E-state index contributed by atoms with van der Waals surface area (Å²) in [4.78, 5) is 12.5. The van der Waals surface area contributed by atoms with Crippen molar-refractivity contribution in [3.05, 3.63) is 48.3 Å². The van der Waals surface area contributed by atoms with E-state index < -0.39 is 5.54 Å². The minimum Gasteiger partial charge on any atom is -0.469 e. The smallest absolute Gasteiger partial charge is 0.307 e. The fourth-order valence-electron chi connectivity index (χ4n) is 1.96. The number of methoxy groups -OCH3 is 1. The van der Waals surface area contributed by atoms with Gasteiger partial charge < -0.3 is 4.74 Å². The number of thioether (sulfide) groups is 1. The summed E-state index contributed by atoms with van der Waals surface area (Å²) in [6.07, 6.45) is 4.12. The maximum absolute atomic E-state index is 11.4. The molecule has 0 radical (unpaired) electrons. The fraction of sp³-hybridized carbons (Fsp3) is 0.375. The topological polar surface area (TPSA) is 44.1 Å². The molecule has 1 heterocycles. The molecule has 4 nitrogen and oxygen atoms in total. The number of hydrogen-bond acceptors (Lipinski definition) is 4. The molecule has 0 fully saturated rings. The van der Waals surface area contributed by atoms with Gasteiger partial charge in [0.15, 0.2) is 0 Å². The first kappa shape index (κ1) is 15.6. The van der Waals surface area contributed by atoms with E-state index in [9.17, 15) is 4.79 Å². The Morgan fingerprint density at radius 1 is 1.33 bits per heavy atom. The largest absolute Gasteiger partial charge is 0.469 e. The lowest BCUT2D eigenvalue weighted by Gasteiger charge is -2.23. The van der Waals surface area contributed by atoms with Gasteiger partial charge in [0.1, 0.15) is 0 Å². The van der Waals surface area contributed by atoms with Crippen molar-refractivity contribution in [3.63, 3.8) is 0 Å². The fourth-order valence-corrected chi connectivity index (χ4v) is 2.78. The second kappa shape index (κ2) is 6.80. The summed E-state index contributed by atoms with van der Waals surface area (Å²) in [6.45, 7) is 3.95. The van der Waals surface area contributed by atoms with E-state index in [-0.39, 0.29) is 5.97 Å². The molecule has 0 bridgehead atoms. The highest BCUT2D eigenvalue weighted by Gasteiger charge is 2.25. The molecule has 21 heavy (non-hydrogen) atoms. The number of nitrogens with zero attached hydrogens (tertiary/aromatic N) is 2. The van der Waals surface area contributed by atoms with Crippen LogP contribution in [0.25, 0.3) is 0 Å². The van der Waals surface area contributed by atoms with Crippen molar-refractivity contribution in [2.24, 2.45) is 0 Å². The summed E-state index contributed by atoms with van der Waals surface area (Å²) < 4.78 is 6.57. The highest BCUT2D eigenvalue weighted by molar-refractivity contribution is 7.98. The van der Waals surface area contributed by atoms with Crippen molar-refractivity contribution < 1.29 is 9.53 Å². The summed E-state index contributed by atoms with van der Waals surface area (Å²) in [6, 6.07) is 10.3. The highest BCUT2D eigenvalue weighted by Crippen LogP contribution is 2.26. The molecule has 0 aliphatic rings. The van der Waals surface area contributed by atoms with Gasteiger partial charge in [-0.1, -0.05) is 30.3 Å². The van der Waals surface area contributed by atoms with Gasteiger partial charge in [-0.15, -0.1) is 11.8 Å². The molecule has 0 atom stereocenters. The van der Waals surface area contributed by atoms with E-state index in [2.05, 4.69) is 17.2 Å². The number of rotatable bonds is 6. The van der Waals surface area contributed by atoms with Crippen LogP contribution >= 0.6 is 11.8 Å². The Balaban J connectivity index is 1.99. The van der Waals surface area contributed by atoms with Crippen LogP contribution in [0.1, 0.15) is 25.8 Å². The lowest BCUT2D eigenvalue weighted by Crippen LogP contribution is -2.30. The van der Waals surface area contributed by atoms with E-state index in [1.165, 1.54) is 12.7 Å². The Morgan fingerprint density at radius 2 is 2.05 bits per heavy atom. The van der Waals surface area contributed by atoms with Crippen LogP contribution in [0.3, 0.4) is 0 Å². The van der Waals surface area contributed by atoms with Crippen molar-refractivity contribution in [2.75, 3.05) is 7.11 Å². The second-order valence-corrected chi connectivity index (χ2v) is 6.51. The van der Waals surface area contributed by atoms with E-state index in [1.54, 1.807) is 11.8 Å². The third-order valence-electron chi connectivity index (χ3n) is 3.23. The Hall–Kier alpha value is -1.75. The number of aromatic nitrogens is 2. The molecule has 0 aliphatic carbocycles. The van der Waals surface area contributed by atoms with E-state index in [0.717, 1.165) is 10.6 Å². The monoisotopic (exact) mass is 304 g/mol. The zero-order valence-electron chi connectivity index (χ0n) is 12.6. The summed E-state index contributed by atoms with van der Waals surface area (Å²) in [5.74, 6) is 0.679. The molecule has 1 aromatic heterocycles. The number of esters is 1. The van der Waals surface area contributed by atoms with Gasteiger partial charge in [0, 0.05) is 16.8 Å². The van der Waals surface area contributed by atoms with Crippen LogP contribution in [0.2, 0.25) is 0 Å². The van der Waals surface area contributed by atoms with Gasteiger partial charge in [-0.05, 0) is 19.4 Å². The summed E-state index contributed by atoms with van der Waals surface area (Å²) >= 11 is 1.74. The van der Waals surface area contributed by atoms with Crippen LogP contribution in [0, 0.1) is 0 Å². The molecule has 0 unspecified atom stereocenters. The summed E-state index contributed by atoms with van der Waals surface area (Å²) in [5, 5.41) is 4.38. The maximum atomic E-state index is 11.4. The summed E-state index contributed by atoms with van der Waals surface area (Å²) in [5.41, 5.74) is 0.891. The van der Waals surface area contributed by atoms with Crippen molar-refractivity contribution in [1.29, 1.82) is 0 Å². The third kappa shape index (κ3) is 4.36. The first-order valence-corrected chi connectivity index (χ1v) is 7.78. The Kier molecular flexibility index (Phi) is 5.07. The molecular weight excluding hydrogens is 284 g/mol. The molecule has 0 aliphatic heterocycles. The van der Waals surface area contributed by atoms with Gasteiger partial charge in [0.05, 0.1) is 25.3 Å². The van der Waals surface area contributed by atoms with Gasteiger partial charge in [-0.2, -0.15) is 5.10 Å². The van der Waals surface area contributed by atoms with Crippen molar-refractivity contribution in [3.8, 4) is 0 Å². The van der Waals surface area contributed by atoms with Crippen LogP contribution in [0.15, 0.2) is 47.6 Å². The molecule has 0 saturated heterocycles. The first-order chi connectivity index (χ1) is 10.0. The molecule has 1 aromatic carbocycles. The van der Waals surface area contributed by atoms with Gasteiger partial charge in [-0.3, -0.25) is 9.48 Å². The van der Waals surface area contributed by atoms with Gasteiger partial charge in [0.2, 0.25) is 0 Å². The van der Waals surface area contributed by atoms with Crippen LogP contribution in [0.4, 0.5) is 0 Å². The van der Waals surface area contributed by atoms with E-state index in [4.69, 9.17) is 4.74 Å². The van der Waals surface area contributed by atoms with Crippen LogP contribution in [-0.2, 0) is 20.8 Å². The van der Waals surface area contributed by atoms with E-state index >= 15 is 0 Å². The zero-order valence-corrected chi connectivity index (χ0v) is 13.4. The second-order valence-electron chi connectivity index (χ2n) is 5.46. The lowest BCUT2D eigenvalue weighted by atomic mass is 10.0. The standard InChI is InChI=1S/C16H20N2O2S/c1-16(2,9-15(19)20-3)18-11-14(10-17-18)21-12-13-7-5-4-6-8-13/h4-8,10-11H,9,12H2,1-3H3. The zero-order chi connectivity index (χ0) is 15.3. The predicted octanol–water partition coefficient (Wildman–Crippen LogP) is 3.47. The van der Waals surface area contributed by atoms with Crippen molar-refractivity contribution in [2.45, 2.75) is 36.5 Å². The quantitative estimate of drug-likeness (QED) is 0.605. The Labute approximate surface area is 129 Å². The predicted molar refractivity (Wildman–Crippen MR) is 84.2 cm³/mol. The highest BCUT2D eigenvalue weighted by atomic mass is 32.2.